The molecule has 2 fully saturated rings. The van der Waals surface area contributed by atoms with Crippen LogP contribution in [-0.4, -0.2) is 48.6 Å². The largest absolute Gasteiger partial charge is 0.354 e. The molecular weight excluding hydrogens is 218 g/mol. The lowest BCUT2D eigenvalue weighted by molar-refractivity contribution is -0.143. The lowest BCUT2D eigenvalue weighted by atomic mass is 10.1. The highest BCUT2D eigenvalue weighted by molar-refractivity contribution is 5.85. The average molecular weight is 236 g/mol. The fourth-order valence-corrected chi connectivity index (χ4v) is 1.91. The number of nitrogens with one attached hydrogen (secondary N) is 1. The molecule has 0 atom stereocenters. The summed E-state index contributed by atoms with van der Waals surface area (Å²) in [5.74, 6) is -0.191. The van der Waals surface area contributed by atoms with Gasteiger partial charge >= 0.3 is 5.97 Å². The molecule has 2 aliphatic heterocycles. The summed E-state index contributed by atoms with van der Waals surface area (Å²) in [6.07, 6.45) is 3.98. The molecular formula is C9H18ClN3O2. The second-order valence-corrected chi connectivity index (χ2v) is 3.89. The first-order valence-electron chi connectivity index (χ1n) is 5.27. The molecule has 0 bridgehead atoms. The number of piperidine rings is 1. The van der Waals surface area contributed by atoms with Gasteiger partial charge in [0.05, 0.1) is 0 Å². The van der Waals surface area contributed by atoms with Crippen molar-refractivity contribution in [1.82, 2.24) is 15.5 Å². The first kappa shape index (κ1) is 12.7. The van der Waals surface area contributed by atoms with Crippen LogP contribution in [0.1, 0.15) is 19.3 Å². The highest BCUT2D eigenvalue weighted by Crippen LogP contribution is 2.08. The normalized spacial score (nSPS) is 23.6. The number of halogens is 1. The Morgan fingerprint density at radius 1 is 1.20 bits per heavy atom. The maximum absolute atomic E-state index is 10.8. The molecule has 2 aliphatic rings. The summed E-state index contributed by atoms with van der Waals surface area (Å²) >= 11 is 0. The van der Waals surface area contributed by atoms with Gasteiger partial charge in [0, 0.05) is 13.1 Å². The molecule has 0 aromatic carbocycles. The van der Waals surface area contributed by atoms with Gasteiger partial charge < -0.3 is 9.74 Å². The van der Waals surface area contributed by atoms with Gasteiger partial charge in [-0.15, -0.1) is 12.4 Å². The van der Waals surface area contributed by atoms with Gasteiger partial charge in [0.25, 0.3) is 0 Å². The van der Waals surface area contributed by atoms with Gasteiger partial charge in [-0.2, -0.15) is 5.01 Å². The highest BCUT2D eigenvalue weighted by Gasteiger charge is 2.21. The molecule has 0 spiro atoms. The molecule has 88 valence electrons. The van der Waals surface area contributed by atoms with E-state index in [2.05, 4.69) is 15.3 Å². The number of carbonyl (C=O) groups is 1. The molecule has 0 aromatic rings. The van der Waals surface area contributed by atoms with Crippen LogP contribution in [-0.2, 0) is 9.63 Å². The lowest BCUT2D eigenvalue weighted by Crippen LogP contribution is -2.40. The van der Waals surface area contributed by atoms with E-state index in [1.807, 2.05) is 5.01 Å². The summed E-state index contributed by atoms with van der Waals surface area (Å²) in [6.45, 7) is 4.63. The fraction of sp³-hybridized carbons (Fsp3) is 0.889. The third-order valence-electron chi connectivity index (χ3n) is 2.74. The molecule has 0 radical (unpaired) electrons. The number of hydrazine groups is 1. The summed E-state index contributed by atoms with van der Waals surface area (Å²) in [7, 11) is 0. The Bertz CT molecular complexity index is 210. The summed E-state index contributed by atoms with van der Waals surface area (Å²) in [5.41, 5.74) is 2.60. The van der Waals surface area contributed by atoms with Crippen LogP contribution in [0.2, 0.25) is 0 Å². The second kappa shape index (κ2) is 6.27. The zero-order valence-corrected chi connectivity index (χ0v) is 9.59. The Morgan fingerprint density at radius 3 is 2.53 bits per heavy atom. The first-order chi connectivity index (χ1) is 6.84. The monoisotopic (exact) mass is 235 g/mol. The third kappa shape index (κ3) is 3.95. The molecule has 0 amide bonds. The van der Waals surface area contributed by atoms with Crippen molar-refractivity contribution in [2.45, 2.75) is 19.3 Å². The van der Waals surface area contributed by atoms with Gasteiger partial charge in [0.15, 0.2) is 0 Å². The quantitative estimate of drug-likeness (QED) is 0.756. The Hall–Kier alpha value is -0.360. The summed E-state index contributed by atoms with van der Waals surface area (Å²) < 4.78 is 0. The lowest BCUT2D eigenvalue weighted by Gasteiger charge is -2.27. The molecule has 0 unspecified atom stereocenters. The number of hydrogen-bond acceptors (Lipinski definition) is 5. The van der Waals surface area contributed by atoms with Crippen molar-refractivity contribution >= 4 is 18.4 Å². The van der Waals surface area contributed by atoms with Crippen molar-refractivity contribution in [1.29, 1.82) is 0 Å². The zero-order chi connectivity index (χ0) is 9.80. The van der Waals surface area contributed by atoms with Gasteiger partial charge in [0.1, 0.15) is 6.54 Å². The van der Waals surface area contributed by atoms with Gasteiger partial charge in [-0.25, -0.2) is 4.79 Å². The zero-order valence-electron chi connectivity index (χ0n) is 8.78. The Labute approximate surface area is 96.1 Å². The van der Waals surface area contributed by atoms with Crippen molar-refractivity contribution < 1.29 is 9.63 Å². The molecule has 0 aliphatic carbocycles. The van der Waals surface area contributed by atoms with Crippen molar-refractivity contribution in [3.63, 3.8) is 0 Å². The van der Waals surface area contributed by atoms with E-state index in [9.17, 15) is 4.79 Å². The highest BCUT2D eigenvalue weighted by atomic mass is 35.5. The van der Waals surface area contributed by atoms with E-state index in [-0.39, 0.29) is 18.4 Å². The summed E-state index contributed by atoms with van der Waals surface area (Å²) in [4.78, 5) is 17.8. The van der Waals surface area contributed by atoms with Gasteiger partial charge in [-0.1, -0.05) is 12.0 Å². The molecule has 2 rings (SSSR count). The topological polar surface area (TPSA) is 44.8 Å². The maximum atomic E-state index is 10.8. The molecule has 5 nitrogen and oxygen atoms in total. The van der Waals surface area contributed by atoms with E-state index in [1.165, 1.54) is 32.4 Å². The minimum atomic E-state index is -0.191. The Morgan fingerprint density at radius 2 is 1.93 bits per heavy atom. The number of hydrogen-bond donors (Lipinski definition) is 1. The molecule has 15 heavy (non-hydrogen) atoms. The van der Waals surface area contributed by atoms with Crippen LogP contribution in [0.5, 0.6) is 0 Å². The van der Waals surface area contributed by atoms with E-state index < -0.39 is 0 Å². The van der Waals surface area contributed by atoms with Crippen molar-refractivity contribution in [2.75, 3.05) is 32.7 Å². The molecule has 2 heterocycles. The first-order valence-corrected chi connectivity index (χ1v) is 5.27. The van der Waals surface area contributed by atoms with Crippen molar-refractivity contribution in [3.8, 4) is 0 Å². The third-order valence-corrected chi connectivity index (χ3v) is 2.74. The predicted octanol–water partition coefficient (Wildman–Crippen LogP) is 0.172. The fourth-order valence-electron chi connectivity index (χ4n) is 1.91. The van der Waals surface area contributed by atoms with Gasteiger partial charge in [0.2, 0.25) is 0 Å². The predicted molar refractivity (Wildman–Crippen MR) is 58.3 cm³/mol. The maximum Gasteiger partial charge on any atom is 0.342 e. The molecule has 1 N–H and O–H groups in total. The summed E-state index contributed by atoms with van der Waals surface area (Å²) in [5, 5.41) is 1.82. The molecule has 2 saturated heterocycles. The van der Waals surface area contributed by atoms with E-state index in [0.29, 0.717) is 6.54 Å². The molecule has 0 saturated carbocycles. The number of nitrogens with zero attached hydrogens (tertiary/aromatic N) is 2. The van der Waals surface area contributed by atoms with Crippen LogP contribution < -0.4 is 5.59 Å². The standard InChI is InChI=1S/C9H17N3O2.ClH/c13-9-8-12(10-14-9)7-6-11-4-2-1-3-5-11;/h10H,1-8H2;1H. The minimum Gasteiger partial charge on any atom is -0.354 e. The van der Waals surface area contributed by atoms with Crippen LogP contribution in [0.3, 0.4) is 0 Å². The Balaban J connectivity index is 0.00000112. The van der Waals surface area contributed by atoms with Crippen LogP contribution >= 0.6 is 12.4 Å². The van der Waals surface area contributed by atoms with Crippen LogP contribution in [0.15, 0.2) is 0 Å². The van der Waals surface area contributed by atoms with E-state index in [0.717, 1.165) is 13.1 Å². The Kier molecular flexibility index (Phi) is 5.31. The van der Waals surface area contributed by atoms with Crippen LogP contribution in [0.4, 0.5) is 0 Å². The number of carbonyl (C=O) groups excluding carboxylic acids is 1. The van der Waals surface area contributed by atoms with Crippen molar-refractivity contribution in [3.05, 3.63) is 0 Å². The number of rotatable bonds is 3. The number of likely N-dealkylation sites (tertiary alicyclic amines) is 1. The summed E-state index contributed by atoms with van der Waals surface area (Å²) in [6, 6.07) is 0. The van der Waals surface area contributed by atoms with Crippen LogP contribution in [0.25, 0.3) is 0 Å². The van der Waals surface area contributed by atoms with E-state index in [4.69, 9.17) is 0 Å². The molecule has 0 aromatic heterocycles. The minimum absolute atomic E-state index is 0. The molecule has 6 heteroatoms. The second-order valence-electron chi connectivity index (χ2n) is 3.89. The van der Waals surface area contributed by atoms with E-state index in [1.54, 1.807) is 0 Å². The van der Waals surface area contributed by atoms with E-state index >= 15 is 0 Å². The van der Waals surface area contributed by atoms with Crippen molar-refractivity contribution in [2.24, 2.45) is 0 Å². The van der Waals surface area contributed by atoms with Gasteiger partial charge in [-0.3, -0.25) is 0 Å². The van der Waals surface area contributed by atoms with Gasteiger partial charge in [-0.05, 0) is 25.9 Å². The average Bonchev–Trinajstić information content (AvgIpc) is 2.63. The van der Waals surface area contributed by atoms with Crippen LogP contribution in [0, 0.1) is 0 Å². The SMILES string of the molecule is Cl.O=C1CN(CCN2CCCCC2)NO1. The smallest absolute Gasteiger partial charge is 0.342 e.